The van der Waals surface area contributed by atoms with E-state index in [4.69, 9.17) is 0 Å². The molecule has 4 rings (SSSR count). The van der Waals surface area contributed by atoms with Crippen LogP contribution in [0.2, 0.25) is 0 Å². The van der Waals surface area contributed by atoms with Gasteiger partial charge in [0.15, 0.2) is 0 Å². The van der Waals surface area contributed by atoms with Crippen molar-refractivity contribution in [3.05, 3.63) is 77.5 Å². The highest BCUT2D eigenvalue weighted by Gasteiger charge is 2.18. The summed E-state index contributed by atoms with van der Waals surface area (Å²) >= 11 is 0. The average Bonchev–Trinajstić information content (AvgIpc) is 3.20. The number of amides is 1. The summed E-state index contributed by atoms with van der Waals surface area (Å²) in [5.41, 5.74) is 5.93. The molecule has 4 N–H and O–H groups in total. The van der Waals surface area contributed by atoms with Crippen LogP contribution in [0.3, 0.4) is 0 Å². The molecular formula is C23H26N4O. The number of anilines is 1. The fourth-order valence-corrected chi connectivity index (χ4v) is 3.43. The van der Waals surface area contributed by atoms with Crippen LogP contribution in [-0.4, -0.2) is 30.0 Å². The van der Waals surface area contributed by atoms with Gasteiger partial charge in [0.2, 0.25) is 0 Å². The number of hydrogen-bond acceptors (Lipinski definition) is 3. The van der Waals surface area contributed by atoms with E-state index in [9.17, 15) is 4.79 Å². The molecule has 0 saturated carbocycles. The molecule has 144 valence electrons. The number of aryl methyl sites for hydroxylation is 1. The van der Waals surface area contributed by atoms with Gasteiger partial charge in [-0.1, -0.05) is 24.3 Å². The number of H-pyrrole nitrogens is 1. The van der Waals surface area contributed by atoms with Crippen LogP contribution in [-0.2, 0) is 0 Å². The van der Waals surface area contributed by atoms with Crippen molar-refractivity contribution in [3.63, 3.8) is 0 Å². The van der Waals surface area contributed by atoms with Crippen LogP contribution in [0.1, 0.15) is 34.5 Å². The molecule has 1 atom stereocenters. The Morgan fingerprint density at radius 1 is 1.11 bits per heavy atom. The highest BCUT2D eigenvalue weighted by Crippen LogP contribution is 2.23. The molecule has 2 heterocycles. The zero-order valence-electron chi connectivity index (χ0n) is 16.3. The molecule has 5 nitrogen and oxygen atoms in total. The second kappa shape index (κ2) is 7.90. The van der Waals surface area contributed by atoms with Crippen LogP contribution in [0.15, 0.2) is 60.8 Å². The molecule has 1 unspecified atom stereocenters. The number of carbonyl (C=O) groups is 1. The van der Waals surface area contributed by atoms with Gasteiger partial charge < -0.3 is 20.9 Å². The summed E-state index contributed by atoms with van der Waals surface area (Å²) in [5.74, 6) is -0.0503. The summed E-state index contributed by atoms with van der Waals surface area (Å²) in [4.78, 5) is 16.2. The van der Waals surface area contributed by atoms with E-state index in [1.54, 1.807) is 0 Å². The van der Waals surface area contributed by atoms with Crippen molar-refractivity contribution in [2.75, 3.05) is 18.4 Å². The first-order valence-electron chi connectivity index (χ1n) is 9.72. The molecule has 0 bridgehead atoms. The van der Waals surface area contributed by atoms with Crippen LogP contribution < -0.4 is 16.0 Å². The van der Waals surface area contributed by atoms with Gasteiger partial charge in [-0.2, -0.15) is 0 Å². The van der Waals surface area contributed by atoms with Crippen LogP contribution in [0.4, 0.5) is 5.69 Å². The molecule has 1 aliphatic heterocycles. The molecule has 0 aliphatic carbocycles. The van der Waals surface area contributed by atoms with Crippen molar-refractivity contribution in [2.45, 2.75) is 25.9 Å². The van der Waals surface area contributed by atoms with Crippen LogP contribution in [0, 0.1) is 6.92 Å². The monoisotopic (exact) mass is 374 g/mol. The Balaban J connectivity index is 1.48. The van der Waals surface area contributed by atoms with E-state index in [-0.39, 0.29) is 11.9 Å². The highest BCUT2D eigenvalue weighted by molar-refractivity contribution is 5.96. The zero-order valence-corrected chi connectivity index (χ0v) is 16.3. The lowest BCUT2D eigenvalue weighted by Crippen LogP contribution is -2.51. The van der Waals surface area contributed by atoms with Gasteiger partial charge in [0.1, 0.15) is 0 Å². The maximum atomic E-state index is 12.9. The molecule has 1 saturated heterocycles. The summed E-state index contributed by atoms with van der Waals surface area (Å²) in [6, 6.07) is 18.6. The second-order valence-corrected chi connectivity index (χ2v) is 7.43. The van der Waals surface area contributed by atoms with E-state index >= 15 is 0 Å². The maximum absolute atomic E-state index is 12.9. The molecular weight excluding hydrogens is 348 g/mol. The van der Waals surface area contributed by atoms with Gasteiger partial charge in [0.05, 0.1) is 12.1 Å². The lowest BCUT2D eigenvalue weighted by atomic mass is 10.0. The Kier molecular flexibility index (Phi) is 5.17. The topological polar surface area (TPSA) is 68.9 Å². The Bertz CT molecular complexity index is 960. The molecule has 0 spiro atoms. The van der Waals surface area contributed by atoms with E-state index in [0.29, 0.717) is 11.6 Å². The molecule has 5 heteroatoms. The van der Waals surface area contributed by atoms with Gasteiger partial charge in [0, 0.05) is 36.2 Å². The maximum Gasteiger partial charge on any atom is 0.252 e. The normalized spacial score (nSPS) is 14.9. The van der Waals surface area contributed by atoms with Crippen molar-refractivity contribution >= 4 is 11.6 Å². The SMILES string of the molecule is Cc1ccc(NC2CNC2)cc1C(=O)NC(C)c1cccc(-c2ccc[nH]2)c1. The summed E-state index contributed by atoms with van der Waals surface area (Å²) in [5, 5.41) is 9.85. The third-order valence-corrected chi connectivity index (χ3v) is 5.28. The van der Waals surface area contributed by atoms with E-state index in [1.807, 2.05) is 62.5 Å². The van der Waals surface area contributed by atoms with E-state index in [1.165, 1.54) is 0 Å². The molecule has 3 aromatic rings. The van der Waals surface area contributed by atoms with Crippen molar-refractivity contribution < 1.29 is 4.79 Å². The molecule has 1 aliphatic rings. The summed E-state index contributed by atoms with van der Waals surface area (Å²) < 4.78 is 0. The standard InChI is InChI=1S/C23H26N4O/c1-15-8-9-19(27-20-13-24-14-20)12-21(15)23(28)26-16(2)17-5-3-6-18(11-17)22-7-4-10-25-22/h3-12,16,20,24-25,27H,13-14H2,1-2H3,(H,26,28). The highest BCUT2D eigenvalue weighted by atomic mass is 16.1. The first-order chi connectivity index (χ1) is 13.6. The largest absolute Gasteiger partial charge is 0.380 e. The number of carbonyl (C=O) groups excluding carboxylic acids is 1. The molecule has 28 heavy (non-hydrogen) atoms. The molecule has 1 amide bonds. The molecule has 0 radical (unpaired) electrons. The number of hydrogen-bond donors (Lipinski definition) is 4. The minimum absolute atomic E-state index is 0.0503. The van der Waals surface area contributed by atoms with Gasteiger partial charge in [-0.15, -0.1) is 0 Å². The van der Waals surface area contributed by atoms with Crippen molar-refractivity contribution in [1.29, 1.82) is 0 Å². The van der Waals surface area contributed by atoms with E-state index < -0.39 is 0 Å². The Morgan fingerprint density at radius 3 is 2.68 bits per heavy atom. The predicted octanol–water partition coefficient (Wildman–Crippen LogP) is 3.86. The number of rotatable bonds is 6. The van der Waals surface area contributed by atoms with E-state index in [2.05, 4.69) is 33.1 Å². The van der Waals surface area contributed by atoms with Crippen molar-refractivity contribution in [2.24, 2.45) is 0 Å². The van der Waals surface area contributed by atoms with Gasteiger partial charge >= 0.3 is 0 Å². The number of benzene rings is 2. The fourth-order valence-electron chi connectivity index (χ4n) is 3.43. The van der Waals surface area contributed by atoms with Gasteiger partial charge in [0.25, 0.3) is 5.91 Å². The van der Waals surface area contributed by atoms with E-state index in [0.717, 1.165) is 41.2 Å². The van der Waals surface area contributed by atoms with Crippen LogP contribution >= 0.6 is 0 Å². The third kappa shape index (κ3) is 3.94. The van der Waals surface area contributed by atoms with Gasteiger partial charge in [-0.05, 0) is 60.9 Å². The number of aromatic amines is 1. The third-order valence-electron chi connectivity index (χ3n) is 5.28. The van der Waals surface area contributed by atoms with Gasteiger partial charge in [-0.3, -0.25) is 4.79 Å². The van der Waals surface area contributed by atoms with Crippen LogP contribution in [0.25, 0.3) is 11.3 Å². The fraction of sp³-hybridized carbons (Fsp3) is 0.261. The Hall–Kier alpha value is -3.05. The summed E-state index contributed by atoms with van der Waals surface area (Å²) in [6.45, 7) is 5.91. The molecule has 1 aromatic heterocycles. The minimum Gasteiger partial charge on any atom is -0.380 e. The first-order valence-corrected chi connectivity index (χ1v) is 9.72. The Labute approximate surface area is 165 Å². The minimum atomic E-state index is -0.0886. The number of nitrogens with one attached hydrogen (secondary N) is 4. The van der Waals surface area contributed by atoms with Crippen molar-refractivity contribution in [1.82, 2.24) is 15.6 Å². The number of aromatic nitrogens is 1. The average molecular weight is 374 g/mol. The lowest BCUT2D eigenvalue weighted by molar-refractivity contribution is 0.0939. The summed E-state index contributed by atoms with van der Waals surface area (Å²) in [7, 11) is 0. The van der Waals surface area contributed by atoms with Crippen LogP contribution in [0.5, 0.6) is 0 Å². The molecule has 2 aromatic carbocycles. The second-order valence-electron chi connectivity index (χ2n) is 7.43. The van der Waals surface area contributed by atoms with Crippen molar-refractivity contribution in [3.8, 4) is 11.3 Å². The van der Waals surface area contributed by atoms with Gasteiger partial charge in [-0.25, -0.2) is 0 Å². The lowest BCUT2D eigenvalue weighted by Gasteiger charge is -2.29. The molecule has 1 fully saturated rings. The summed E-state index contributed by atoms with van der Waals surface area (Å²) in [6.07, 6.45) is 1.91. The smallest absolute Gasteiger partial charge is 0.252 e. The first kappa shape index (κ1) is 18.3. The quantitative estimate of drug-likeness (QED) is 0.529. The zero-order chi connectivity index (χ0) is 19.5. The Morgan fingerprint density at radius 2 is 1.96 bits per heavy atom. The predicted molar refractivity (Wildman–Crippen MR) is 114 cm³/mol.